The van der Waals surface area contributed by atoms with E-state index in [4.69, 9.17) is 0 Å². The van der Waals surface area contributed by atoms with Crippen molar-refractivity contribution in [3.8, 4) is 5.75 Å². The van der Waals surface area contributed by atoms with Crippen LogP contribution in [-0.4, -0.2) is 46.1 Å². The van der Waals surface area contributed by atoms with E-state index in [1.54, 1.807) is 24.3 Å². The number of hydrogen-bond acceptors (Lipinski definition) is 4. The summed E-state index contributed by atoms with van der Waals surface area (Å²) in [6, 6.07) is 16.8. The zero-order valence-corrected chi connectivity index (χ0v) is 14.4. The van der Waals surface area contributed by atoms with Gasteiger partial charge in [0.15, 0.2) is 5.78 Å². The van der Waals surface area contributed by atoms with Gasteiger partial charge >= 0.3 is 0 Å². The van der Waals surface area contributed by atoms with E-state index in [1.807, 2.05) is 30.3 Å². The SMILES string of the molecule is O=C(Cc1ccc(O)cc1)CN1CCC(O)(Cc2ccccc2)CC1. The summed E-state index contributed by atoms with van der Waals surface area (Å²) in [4.78, 5) is 14.4. The van der Waals surface area contributed by atoms with Gasteiger partial charge in [0.1, 0.15) is 5.75 Å². The summed E-state index contributed by atoms with van der Waals surface area (Å²) < 4.78 is 0. The van der Waals surface area contributed by atoms with E-state index in [2.05, 4.69) is 4.90 Å². The molecule has 0 aliphatic carbocycles. The number of Topliss-reactive ketones (excluding diaryl/α,β-unsaturated/α-hetero) is 1. The Morgan fingerprint density at radius 3 is 2.24 bits per heavy atom. The molecular formula is C21H25NO3. The third-order valence-electron chi connectivity index (χ3n) is 4.90. The smallest absolute Gasteiger partial charge is 0.151 e. The van der Waals surface area contributed by atoms with Crippen LogP contribution in [0.5, 0.6) is 5.75 Å². The summed E-state index contributed by atoms with van der Waals surface area (Å²) in [6.07, 6.45) is 2.43. The third kappa shape index (κ3) is 5.15. The molecule has 1 heterocycles. The van der Waals surface area contributed by atoms with Crippen LogP contribution in [0, 0.1) is 0 Å². The van der Waals surface area contributed by atoms with Gasteiger partial charge in [-0.2, -0.15) is 0 Å². The quantitative estimate of drug-likeness (QED) is 0.849. The number of benzene rings is 2. The summed E-state index contributed by atoms with van der Waals surface area (Å²) in [5.74, 6) is 0.379. The van der Waals surface area contributed by atoms with E-state index in [9.17, 15) is 15.0 Å². The highest BCUT2D eigenvalue weighted by molar-refractivity contribution is 5.82. The molecule has 1 fully saturated rings. The highest BCUT2D eigenvalue weighted by Gasteiger charge is 2.32. The Morgan fingerprint density at radius 2 is 1.60 bits per heavy atom. The van der Waals surface area contributed by atoms with Gasteiger partial charge in [0.25, 0.3) is 0 Å². The summed E-state index contributed by atoms with van der Waals surface area (Å²) in [7, 11) is 0. The molecule has 1 saturated heterocycles. The molecule has 0 saturated carbocycles. The molecule has 1 aliphatic rings. The molecular weight excluding hydrogens is 314 g/mol. The number of phenols is 1. The van der Waals surface area contributed by atoms with E-state index in [1.165, 1.54) is 0 Å². The van der Waals surface area contributed by atoms with Crippen molar-refractivity contribution >= 4 is 5.78 Å². The Balaban J connectivity index is 1.47. The molecule has 2 aromatic rings. The minimum Gasteiger partial charge on any atom is -0.508 e. The van der Waals surface area contributed by atoms with E-state index >= 15 is 0 Å². The molecule has 25 heavy (non-hydrogen) atoms. The minimum absolute atomic E-state index is 0.166. The number of carbonyl (C=O) groups is 1. The van der Waals surface area contributed by atoms with Gasteiger partial charge in [-0.25, -0.2) is 0 Å². The number of carbonyl (C=O) groups excluding carboxylic acids is 1. The average Bonchev–Trinajstić information content (AvgIpc) is 2.60. The predicted molar refractivity (Wildman–Crippen MR) is 97.6 cm³/mol. The van der Waals surface area contributed by atoms with Gasteiger partial charge in [-0.1, -0.05) is 42.5 Å². The van der Waals surface area contributed by atoms with E-state index in [-0.39, 0.29) is 11.5 Å². The van der Waals surface area contributed by atoms with Crippen molar-refractivity contribution < 1.29 is 15.0 Å². The summed E-state index contributed by atoms with van der Waals surface area (Å²) in [6.45, 7) is 1.90. The summed E-state index contributed by atoms with van der Waals surface area (Å²) in [5.41, 5.74) is 1.40. The Bertz CT molecular complexity index is 689. The Kier molecular flexibility index (Phi) is 5.51. The number of piperidine rings is 1. The molecule has 1 aliphatic heterocycles. The van der Waals surface area contributed by atoms with Gasteiger partial charge in [-0.05, 0) is 36.1 Å². The van der Waals surface area contributed by atoms with Crippen LogP contribution in [0.15, 0.2) is 54.6 Å². The van der Waals surface area contributed by atoms with E-state index in [0.717, 1.165) is 24.2 Å². The molecule has 0 aromatic heterocycles. The van der Waals surface area contributed by atoms with Crippen LogP contribution in [0.3, 0.4) is 0 Å². The fraction of sp³-hybridized carbons (Fsp3) is 0.381. The summed E-state index contributed by atoms with van der Waals surface area (Å²) in [5, 5.41) is 20.1. The van der Waals surface area contributed by atoms with Gasteiger partial charge in [0.2, 0.25) is 0 Å². The first-order chi connectivity index (χ1) is 12.0. The molecule has 2 aromatic carbocycles. The lowest BCUT2D eigenvalue weighted by molar-refractivity contribution is -0.120. The molecule has 0 radical (unpaired) electrons. The van der Waals surface area contributed by atoms with Crippen molar-refractivity contribution in [1.82, 2.24) is 4.90 Å². The second kappa shape index (κ2) is 7.81. The molecule has 3 rings (SSSR count). The number of ketones is 1. The first-order valence-electron chi connectivity index (χ1n) is 8.81. The fourth-order valence-electron chi connectivity index (χ4n) is 3.43. The number of aliphatic hydroxyl groups is 1. The topological polar surface area (TPSA) is 60.8 Å². The average molecular weight is 339 g/mol. The van der Waals surface area contributed by atoms with Gasteiger partial charge in [0, 0.05) is 25.9 Å². The first-order valence-corrected chi connectivity index (χ1v) is 8.81. The van der Waals surface area contributed by atoms with Crippen molar-refractivity contribution in [3.05, 3.63) is 65.7 Å². The third-order valence-corrected chi connectivity index (χ3v) is 4.90. The number of hydrogen-bond donors (Lipinski definition) is 2. The largest absolute Gasteiger partial charge is 0.508 e. The van der Waals surface area contributed by atoms with Crippen LogP contribution in [0.4, 0.5) is 0 Å². The lowest BCUT2D eigenvalue weighted by Gasteiger charge is -2.38. The molecule has 2 N–H and O–H groups in total. The van der Waals surface area contributed by atoms with Crippen molar-refractivity contribution in [2.75, 3.05) is 19.6 Å². The second-order valence-corrected chi connectivity index (χ2v) is 7.04. The molecule has 0 unspecified atom stereocenters. The number of nitrogens with zero attached hydrogens (tertiary/aromatic N) is 1. The van der Waals surface area contributed by atoms with Crippen LogP contribution < -0.4 is 0 Å². The molecule has 132 valence electrons. The second-order valence-electron chi connectivity index (χ2n) is 7.04. The number of rotatable bonds is 6. The van der Waals surface area contributed by atoms with Gasteiger partial charge < -0.3 is 10.2 Å². The molecule has 4 heteroatoms. The van der Waals surface area contributed by atoms with Crippen molar-refractivity contribution in [2.24, 2.45) is 0 Å². The normalized spacial score (nSPS) is 17.3. The predicted octanol–water partition coefficient (Wildman–Crippen LogP) is 2.57. The Labute approximate surface area is 148 Å². The lowest BCUT2D eigenvalue weighted by atomic mass is 9.85. The summed E-state index contributed by atoms with van der Waals surface area (Å²) >= 11 is 0. The Hall–Kier alpha value is -2.17. The molecule has 4 nitrogen and oxygen atoms in total. The van der Waals surface area contributed by atoms with E-state index < -0.39 is 5.60 Å². The van der Waals surface area contributed by atoms with Gasteiger partial charge in [-0.3, -0.25) is 9.69 Å². The molecule has 0 atom stereocenters. The highest BCUT2D eigenvalue weighted by atomic mass is 16.3. The zero-order chi connectivity index (χ0) is 17.7. The lowest BCUT2D eigenvalue weighted by Crippen LogP contribution is -2.47. The fourth-order valence-corrected chi connectivity index (χ4v) is 3.43. The minimum atomic E-state index is -0.669. The van der Waals surface area contributed by atoms with Crippen LogP contribution in [0.25, 0.3) is 0 Å². The number of phenolic OH excluding ortho intramolecular Hbond substituents is 1. The monoisotopic (exact) mass is 339 g/mol. The Morgan fingerprint density at radius 1 is 0.960 bits per heavy atom. The number of likely N-dealkylation sites (tertiary alicyclic amines) is 1. The van der Waals surface area contributed by atoms with Crippen molar-refractivity contribution in [1.29, 1.82) is 0 Å². The van der Waals surface area contributed by atoms with Gasteiger partial charge in [-0.15, -0.1) is 0 Å². The maximum atomic E-state index is 12.3. The van der Waals surface area contributed by atoms with Crippen molar-refractivity contribution in [3.63, 3.8) is 0 Å². The van der Waals surface area contributed by atoms with Crippen LogP contribution in [-0.2, 0) is 17.6 Å². The van der Waals surface area contributed by atoms with Crippen LogP contribution in [0.1, 0.15) is 24.0 Å². The standard InChI is InChI=1S/C21H25NO3/c23-19-8-6-17(7-9-19)14-20(24)16-22-12-10-21(25,11-13-22)15-18-4-2-1-3-5-18/h1-9,23,25H,10-16H2. The number of aromatic hydroxyl groups is 1. The van der Waals surface area contributed by atoms with Gasteiger partial charge in [0.05, 0.1) is 12.1 Å². The molecule has 0 bridgehead atoms. The van der Waals surface area contributed by atoms with Crippen LogP contribution >= 0.6 is 0 Å². The van der Waals surface area contributed by atoms with Crippen LogP contribution in [0.2, 0.25) is 0 Å². The molecule has 0 spiro atoms. The zero-order valence-electron chi connectivity index (χ0n) is 14.4. The molecule has 0 amide bonds. The maximum absolute atomic E-state index is 12.3. The maximum Gasteiger partial charge on any atom is 0.151 e. The highest BCUT2D eigenvalue weighted by Crippen LogP contribution is 2.26. The van der Waals surface area contributed by atoms with E-state index in [0.29, 0.717) is 32.2 Å². The van der Waals surface area contributed by atoms with Crippen molar-refractivity contribution in [2.45, 2.75) is 31.3 Å². The first kappa shape index (κ1) is 17.6.